The Bertz CT molecular complexity index is 349. The van der Waals surface area contributed by atoms with Gasteiger partial charge in [0.1, 0.15) is 4.34 Å². The molecular formula is C14H24N2S2. The summed E-state index contributed by atoms with van der Waals surface area (Å²) >= 11 is 3.74. The van der Waals surface area contributed by atoms with Crippen LogP contribution < -0.4 is 5.32 Å². The summed E-state index contributed by atoms with van der Waals surface area (Å²) in [5.41, 5.74) is 0.485. The fraction of sp³-hybridized carbons (Fsp3) is 0.786. The molecule has 0 radical (unpaired) electrons. The highest BCUT2D eigenvalue weighted by molar-refractivity contribution is 8.01. The molecule has 0 aliphatic heterocycles. The largest absolute Gasteiger partial charge is 0.313 e. The summed E-state index contributed by atoms with van der Waals surface area (Å²) in [6.07, 6.45) is 7.06. The molecule has 1 saturated carbocycles. The van der Waals surface area contributed by atoms with Gasteiger partial charge in [-0.1, -0.05) is 32.5 Å². The number of hydrogen-bond donors (Lipinski definition) is 1. The van der Waals surface area contributed by atoms with Crippen LogP contribution in [0.25, 0.3) is 0 Å². The zero-order valence-corrected chi connectivity index (χ0v) is 13.2. The molecule has 0 aromatic carbocycles. The summed E-state index contributed by atoms with van der Waals surface area (Å²) in [4.78, 5) is 4.43. The predicted octanol–water partition coefficient (Wildman–Crippen LogP) is 4.18. The molecule has 18 heavy (non-hydrogen) atoms. The smallest absolute Gasteiger partial charge is 0.150 e. The Hall–Kier alpha value is -0.0600. The van der Waals surface area contributed by atoms with Crippen LogP contribution >= 0.6 is 23.1 Å². The second-order valence-electron chi connectivity index (χ2n) is 5.92. The van der Waals surface area contributed by atoms with Gasteiger partial charge in [-0.2, -0.15) is 0 Å². The number of aromatic nitrogens is 1. The highest BCUT2D eigenvalue weighted by atomic mass is 32.2. The van der Waals surface area contributed by atoms with E-state index in [0.717, 1.165) is 6.54 Å². The van der Waals surface area contributed by atoms with Crippen molar-refractivity contribution in [1.29, 1.82) is 0 Å². The van der Waals surface area contributed by atoms with Crippen molar-refractivity contribution in [3.63, 3.8) is 0 Å². The monoisotopic (exact) mass is 284 g/mol. The molecule has 2 rings (SSSR count). The first-order valence-electron chi connectivity index (χ1n) is 6.90. The topological polar surface area (TPSA) is 24.9 Å². The molecule has 1 heterocycles. The fourth-order valence-corrected chi connectivity index (χ4v) is 5.04. The first kappa shape index (κ1) is 14.4. The van der Waals surface area contributed by atoms with E-state index in [1.54, 1.807) is 11.3 Å². The van der Waals surface area contributed by atoms with E-state index in [0.29, 0.717) is 16.7 Å². The number of nitrogens with zero attached hydrogens (tertiary/aromatic N) is 1. The Balaban J connectivity index is 1.99. The molecule has 2 atom stereocenters. The standard InChI is InChI=1S/C14H24N2S2/c1-4-7-15-11-5-6-14(2,3)10-12(11)18-13-16-8-9-17-13/h8-9,11-12,15H,4-7,10H2,1-3H3. The molecule has 1 fully saturated rings. The summed E-state index contributed by atoms with van der Waals surface area (Å²) < 4.78 is 1.22. The molecular weight excluding hydrogens is 260 g/mol. The molecule has 102 valence electrons. The zero-order valence-electron chi connectivity index (χ0n) is 11.6. The number of hydrogen-bond acceptors (Lipinski definition) is 4. The molecule has 0 spiro atoms. The minimum absolute atomic E-state index is 0.485. The van der Waals surface area contributed by atoms with Crippen LogP contribution in [0, 0.1) is 5.41 Å². The van der Waals surface area contributed by atoms with E-state index < -0.39 is 0 Å². The minimum atomic E-state index is 0.485. The van der Waals surface area contributed by atoms with Crippen LogP contribution in [0.3, 0.4) is 0 Å². The van der Waals surface area contributed by atoms with Crippen molar-refractivity contribution < 1.29 is 0 Å². The Labute approximate surface area is 119 Å². The van der Waals surface area contributed by atoms with Gasteiger partial charge in [-0.15, -0.1) is 11.3 Å². The van der Waals surface area contributed by atoms with Gasteiger partial charge in [0.25, 0.3) is 0 Å². The van der Waals surface area contributed by atoms with Crippen LogP contribution in [0.15, 0.2) is 15.9 Å². The zero-order chi connectivity index (χ0) is 13.0. The van der Waals surface area contributed by atoms with Gasteiger partial charge in [0.05, 0.1) is 0 Å². The lowest BCUT2D eigenvalue weighted by Crippen LogP contribution is -2.45. The second-order valence-corrected chi connectivity index (χ2v) is 8.30. The molecule has 1 aromatic heterocycles. The average molecular weight is 284 g/mol. The third-order valence-electron chi connectivity index (χ3n) is 3.65. The number of rotatable bonds is 5. The molecule has 0 bridgehead atoms. The average Bonchev–Trinajstić information content (AvgIpc) is 2.80. The Morgan fingerprint density at radius 2 is 2.39 bits per heavy atom. The SMILES string of the molecule is CCCNC1CCC(C)(C)CC1Sc1nccs1. The third kappa shape index (κ3) is 3.97. The normalized spacial score (nSPS) is 27.3. The van der Waals surface area contributed by atoms with Gasteiger partial charge in [0.2, 0.25) is 0 Å². The fourth-order valence-electron chi connectivity index (χ4n) is 2.61. The molecule has 2 unspecified atom stereocenters. The molecule has 4 heteroatoms. The summed E-state index contributed by atoms with van der Waals surface area (Å²) in [6, 6.07) is 0.659. The molecule has 1 N–H and O–H groups in total. The number of thioether (sulfide) groups is 1. The van der Waals surface area contributed by atoms with Crippen LogP contribution in [0.5, 0.6) is 0 Å². The van der Waals surface area contributed by atoms with E-state index in [1.165, 1.54) is 30.0 Å². The van der Waals surface area contributed by atoms with Crippen molar-refractivity contribution in [2.75, 3.05) is 6.54 Å². The van der Waals surface area contributed by atoms with E-state index >= 15 is 0 Å². The van der Waals surface area contributed by atoms with Gasteiger partial charge < -0.3 is 5.32 Å². The molecule has 2 nitrogen and oxygen atoms in total. The van der Waals surface area contributed by atoms with E-state index in [2.05, 4.69) is 36.5 Å². The van der Waals surface area contributed by atoms with Crippen LogP contribution in [0.1, 0.15) is 46.5 Å². The Kier molecular flexibility index (Phi) is 5.10. The number of thiazole rings is 1. The predicted molar refractivity (Wildman–Crippen MR) is 81.5 cm³/mol. The minimum Gasteiger partial charge on any atom is -0.313 e. The van der Waals surface area contributed by atoms with Gasteiger partial charge >= 0.3 is 0 Å². The maximum absolute atomic E-state index is 4.43. The van der Waals surface area contributed by atoms with Crippen molar-refractivity contribution in [2.24, 2.45) is 5.41 Å². The summed E-state index contributed by atoms with van der Waals surface area (Å²) in [5, 5.41) is 6.47. The lowest BCUT2D eigenvalue weighted by atomic mass is 9.75. The molecule has 1 aliphatic carbocycles. The second kappa shape index (κ2) is 6.40. The lowest BCUT2D eigenvalue weighted by molar-refractivity contribution is 0.214. The van der Waals surface area contributed by atoms with Gasteiger partial charge in [-0.05, 0) is 37.6 Å². The Morgan fingerprint density at radius 3 is 3.06 bits per heavy atom. The summed E-state index contributed by atoms with van der Waals surface area (Å²) in [7, 11) is 0. The van der Waals surface area contributed by atoms with Gasteiger partial charge in [0.15, 0.2) is 0 Å². The van der Waals surface area contributed by atoms with E-state index in [1.807, 2.05) is 18.0 Å². The van der Waals surface area contributed by atoms with E-state index in [4.69, 9.17) is 0 Å². The van der Waals surface area contributed by atoms with Crippen LogP contribution in [-0.4, -0.2) is 22.8 Å². The summed E-state index contributed by atoms with van der Waals surface area (Å²) in [5.74, 6) is 0. The summed E-state index contributed by atoms with van der Waals surface area (Å²) in [6.45, 7) is 8.18. The first-order valence-corrected chi connectivity index (χ1v) is 8.66. The van der Waals surface area contributed by atoms with Crippen molar-refractivity contribution in [1.82, 2.24) is 10.3 Å². The maximum atomic E-state index is 4.43. The van der Waals surface area contributed by atoms with Crippen molar-refractivity contribution in [3.05, 3.63) is 11.6 Å². The van der Waals surface area contributed by atoms with Crippen molar-refractivity contribution >= 4 is 23.1 Å². The van der Waals surface area contributed by atoms with Gasteiger partial charge in [-0.3, -0.25) is 0 Å². The van der Waals surface area contributed by atoms with E-state index in [9.17, 15) is 0 Å². The third-order valence-corrected chi connectivity index (χ3v) is 5.90. The van der Waals surface area contributed by atoms with E-state index in [-0.39, 0.29) is 0 Å². The molecule has 0 amide bonds. The van der Waals surface area contributed by atoms with Gasteiger partial charge in [-0.25, -0.2) is 4.98 Å². The highest BCUT2D eigenvalue weighted by Crippen LogP contribution is 2.42. The highest BCUT2D eigenvalue weighted by Gasteiger charge is 2.35. The molecule has 0 saturated heterocycles. The molecule has 1 aromatic rings. The van der Waals surface area contributed by atoms with Gasteiger partial charge in [0, 0.05) is 22.9 Å². The quantitative estimate of drug-likeness (QED) is 0.878. The first-order chi connectivity index (χ1) is 8.61. The number of nitrogens with one attached hydrogen (secondary N) is 1. The van der Waals surface area contributed by atoms with Crippen molar-refractivity contribution in [3.8, 4) is 0 Å². The van der Waals surface area contributed by atoms with Crippen LogP contribution in [0.4, 0.5) is 0 Å². The van der Waals surface area contributed by atoms with Crippen molar-refractivity contribution in [2.45, 2.75) is 62.1 Å². The maximum Gasteiger partial charge on any atom is 0.150 e. The molecule has 1 aliphatic rings. The lowest BCUT2D eigenvalue weighted by Gasteiger charge is -2.40. The Morgan fingerprint density at radius 1 is 1.56 bits per heavy atom. The van der Waals surface area contributed by atoms with Crippen LogP contribution in [-0.2, 0) is 0 Å². The van der Waals surface area contributed by atoms with Crippen LogP contribution in [0.2, 0.25) is 0 Å².